The molecule has 15 N–H and O–H groups in total. The van der Waals surface area contributed by atoms with Crippen molar-refractivity contribution in [3.63, 3.8) is 0 Å². The predicted molar refractivity (Wildman–Crippen MR) is 304 cm³/mol. The summed E-state index contributed by atoms with van der Waals surface area (Å²) in [4.78, 5) is 144. The number of hydrogen-bond acceptors (Lipinski definition) is 14. The minimum Gasteiger partial charge on any atom is -0.491 e. The topological polar surface area (TPSA) is 384 Å². The maximum absolute atomic E-state index is 15.0. The zero-order valence-corrected chi connectivity index (χ0v) is 47.6. The molecule has 0 unspecified atom stereocenters. The van der Waals surface area contributed by atoms with Crippen molar-refractivity contribution in [1.29, 1.82) is 0 Å². The van der Waals surface area contributed by atoms with Crippen molar-refractivity contribution in [2.24, 2.45) is 33.8 Å². The van der Waals surface area contributed by atoms with Gasteiger partial charge in [-0.05, 0) is 81.5 Å². The first-order valence-electron chi connectivity index (χ1n) is 27.1. The van der Waals surface area contributed by atoms with E-state index in [0.29, 0.717) is 36.1 Å². The number of primary amides is 2. The van der Waals surface area contributed by atoms with Crippen LogP contribution in [-0.2, 0) is 60.8 Å². The molecule has 2 saturated heterocycles. The largest absolute Gasteiger partial charge is 0.491 e. The Hall–Kier alpha value is -7.09. The van der Waals surface area contributed by atoms with Crippen LogP contribution in [0.3, 0.4) is 0 Å². The number of amides is 10. The van der Waals surface area contributed by atoms with Crippen LogP contribution < -0.4 is 64.9 Å². The lowest BCUT2D eigenvalue weighted by molar-refractivity contribution is -0.142. The van der Waals surface area contributed by atoms with E-state index in [2.05, 4.69) is 42.2 Å². The van der Waals surface area contributed by atoms with Crippen LogP contribution in [0.1, 0.15) is 109 Å². The SMILES string of the molecule is CC(C)Oc1ccc(C[C@@H]2NC(=O)CC3(CCCCC3)SSC[C@H](C(=O)N3CCC[C@H]3C(=O)N[C@H](CCCN=C(N)N)C(=O)NCC(N)=O)NC(=O)[C@@H](CC(N)=O)NC(=O)[C@H](C(C)C)NC(=O)[C@@H](Cc3ccccc3)NC2=O)cc1. The zero-order chi connectivity index (χ0) is 58.5. The van der Waals surface area contributed by atoms with Crippen molar-refractivity contribution in [2.75, 3.05) is 25.4 Å². The van der Waals surface area contributed by atoms with Gasteiger partial charge in [0.1, 0.15) is 48.0 Å². The van der Waals surface area contributed by atoms with E-state index in [-0.39, 0.29) is 69.4 Å². The van der Waals surface area contributed by atoms with Crippen LogP contribution in [0.5, 0.6) is 5.75 Å². The average molecular weight is 1150 g/mol. The highest BCUT2D eigenvalue weighted by molar-refractivity contribution is 8.77. The third kappa shape index (κ3) is 20.2. The summed E-state index contributed by atoms with van der Waals surface area (Å²) in [6.45, 7) is 6.78. The Balaban J connectivity index is 1.52. The first kappa shape index (κ1) is 63.7. The summed E-state index contributed by atoms with van der Waals surface area (Å²) < 4.78 is 5.13. The van der Waals surface area contributed by atoms with Crippen molar-refractivity contribution in [3.8, 4) is 5.75 Å². The van der Waals surface area contributed by atoms with Gasteiger partial charge in [-0.15, -0.1) is 0 Å². The molecule has 3 aliphatic rings. The molecule has 3 fully saturated rings. The van der Waals surface area contributed by atoms with Gasteiger partial charge in [0.15, 0.2) is 5.96 Å². The average Bonchev–Trinajstić information content (AvgIpc) is 3.90. The maximum atomic E-state index is 15.0. The fraction of sp³-hybridized carbons (Fsp3) is 0.574. The van der Waals surface area contributed by atoms with E-state index in [1.807, 2.05) is 13.8 Å². The van der Waals surface area contributed by atoms with Gasteiger partial charge in [0.2, 0.25) is 59.1 Å². The summed E-state index contributed by atoms with van der Waals surface area (Å²) in [5.74, 6) is -7.89. The van der Waals surface area contributed by atoms with E-state index in [1.165, 1.54) is 26.5 Å². The van der Waals surface area contributed by atoms with Gasteiger partial charge in [0.25, 0.3) is 0 Å². The van der Waals surface area contributed by atoms with E-state index in [4.69, 9.17) is 27.7 Å². The van der Waals surface area contributed by atoms with Crippen LogP contribution in [0.25, 0.3) is 0 Å². The van der Waals surface area contributed by atoms with Crippen LogP contribution in [-0.4, -0.2) is 148 Å². The molecule has 438 valence electrons. The summed E-state index contributed by atoms with van der Waals surface area (Å²) in [7, 11) is 2.59. The normalized spacial score (nSPS) is 22.8. The van der Waals surface area contributed by atoms with Gasteiger partial charge in [-0.1, -0.05) is 97.2 Å². The first-order valence-corrected chi connectivity index (χ1v) is 29.5. The number of likely N-dealkylation sites (tertiary alicyclic amines) is 1. The van der Waals surface area contributed by atoms with E-state index in [9.17, 15) is 47.9 Å². The summed E-state index contributed by atoms with van der Waals surface area (Å²) in [5.41, 5.74) is 23.2. The molecule has 7 atom stereocenters. The number of guanidine groups is 1. The third-order valence-electron chi connectivity index (χ3n) is 13.8. The molecular formula is C54H79N13O11S2. The van der Waals surface area contributed by atoms with Crippen LogP contribution in [0.15, 0.2) is 59.6 Å². The number of carbonyl (C=O) groups excluding carboxylic acids is 10. The summed E-state index contributed by atoms with van der Waals surface area (Å²) in [6, 6.07) is 6.85. The Morgan fingerprint density at radius 1 is 0.750 bits per heavy atom. The molecule has 80 heavy (non-hydrogen) atoms. The van der Waals surface area contributed by atoms with Gasteiger partial charge in [-0.2, -0.15) is 0 Å². The second kappa shape index (κ2) is 31.1. The van der Waals surface area contributed by atoms with Gasteiger partial charge < -0.3 is 69.8 Å². The van der Waals surface area contributed by atoms with Crippen LogP contribution in [0.2, 0.25) is 0 Å². The van der Waals surface area contributed by atoms with Crippen LogP contribution in [0.4, 0.5) is 0 Å². The second-order valence-corrected chi connectivity index (χ2v) is 23.9. The molecular weight excluding hydrogens is 1070 g/mol. The number of nitrogens with zero attached hydrogens (tertiary/aromatic N) is 2. The molecule has 1 saturated carbocycles. The number of nitrogens with one attached hydrogen (secondary N) is 7. The van der Waals surface area contributed by atoms with Crippen molar-refractivity contribution in [1.82, 2.24) is 42.1 Å². The summed E-state index contributed by atoms with van der Waals surface area (Å²) >= 11 is 0. The molecule has 0 radical (unpaired) electrons. The highest BCUT2D eigenvalue weighted by atomic mass is 33.1. The number of aliphatic imine (C=N–C) groups is 1. The van der Waals surface area contributed by atoms with Gasteiger partial charge in [-0.25, -0.2) is 0 Å². The van der Waals surface area contributed by atoms with E-state index >= 15 is 0 Å². The number of benzene rings is 2. The molecule has 2 aromatic carbocycles. The molecule has 2 aliphatic heterocycles. The van der Waals surface area contributed by atoms with E-state index in [0.717, 1.165) is 19.3 Å². The number of ether oxygens (including phenoxy) is 1. The van der Waals surface area contributed by atoms with Gasteiger partial charge in [0, 0.05) is 42.9 Å². The third-order valence-corrected chi connectivity index (χ3v) is 17.1. The molecule has 5 rings (SSSR count). The number of carbonyl (C=O) groups is 10. The van der Waals surface area contributed by atoms with Crippen molar-refractivity contribution < 1.29 is 52.7 Å². The monoisotopic (exact) mass is 1150 g/mol. The Bertz CT molecular complexity index is 2530. The fourth-order valence-electron chi connectivity index (χ4n) is 9.75. The minimum atomic E-state index is -1.66. The highest BCUT2D eigenvalue weighted by Gasteiger charge is 2.42. The Labute approximate surface area is 474 Å². The molecule has 1 aliphatic carbocycles. The van der Waals surface area contributed by atoms with Gasteiger partial charge in [-0.3, -0.25) is 52.9 Å². The molecule has 0 aromatic heterocycles. The maximum Gasteiger partial charge on any atom is 0.246 e. The lowest BCUT2D eigenvalue weighted by Gasteiger charge is -2.37. The van der Waals surface area contributed by atoms with Gasteiger partial charge in [0.05, 0.1) is 19.1 Å². The van der Waals surface area contributed by atoms with Crippen molar-refractivity contribution in [2.45, 2.75) is 164 Å². The predicted octanol–water partition coefficient (Wildman–Crippen LogP) is -0.167. The van der Waals surface area contributed by atoms with Crippen molar-refractivity contribution >= 4 is 86.6 Å². The zero-order valence-electron chi connectivity index (χ0n) is 45.9. The number of hydrogen-bond donors (Lipinski definition) is 11. The molecule has 24 nitrogen and oxygen atoms in total. The van der Waals surface area contributed by atoms with Crippen LogP contribution in [0, 0.1) is 5.92 Å². The molecule has 2 aromatic rings. The molecule has 2 heterocycles. The molecule has 26 heteroatoms. The number of rotatable bonds is 19. The van der Waals surface area contributed by atoms with Crippen molar-refractivity contribution in [3.05, 3.63) is 65.7 Å². The standard InChI is InChI=1S/C54H79N13O11S2/c1-31(2)45-51(76)64-39(27-42(55)68)48(73)65-40(52(77)67-24-12-16-41(67)50(75)62-36(15-11-23-59-53(57)58)46(71)60-29-43(56)69)30-79-80-54(21-9-6-10-22-54)28-44(70)61-37(26-34-17-19-35(20-18-34)78-32(3)4)47(72)63-38(49(74)66-45)25-33-13-7-5-8-14-33/h5,7-8,13-14,17-20,31-32,36-41,45H,6,9-12,15-16,21-30H2,1-4H3,(H2,55,68)(H2,56,69)(H,60,71)(H,61,70)(H,62,75)(H,63,72)(H,64,76)(H,65,73)(H,66,74)(H4,57,58,59)/t36-,37+,38-,39-,40-,41+,45+/m1/s1. The fourth-order valence-corrected chi connectivity index (χ4v) is 13.1. The molecule has 0 bridgehead atoms. The summed E-state index contributed by atoms with van der Waals surface area (Å²) in [5, 5.41) is 19.0. The van der Waals surface area contributed by atoms with Crippen LogP contribution >= 0.6 is 21.6 Å². The quantitative estimate of drug-likeness (QED) is 0.0377. The first-order chi connectivity index (χ1) is 38.0. The molecule has 1 spiro atoms. The molecule has 10 amide bonds. The summed E-state index contributed by atoms with van der Waals surface area (Å²) in [6.07, 6.45) is 3.65. The van der Waals surface area contributed by atoms with E-state index < -0.39 is 125 Å². The minimum absolute atomic E-state index is 0.0149. The Morgan fingerprint density at radius 3 is 2.00 bits per heavy atom. The van der Waals surface area contributed by atoms with E-state index in [1.54, 1.807) is 68.4 Å². The lowest BCUT2D eigenvalue weighted by atomic mass is 9.85. The Morgan fingerprint density at radius 2 is 1.38 bits per heavy atom. The Kier molecular flexibility index (Phi) is 24.7. The van der Waals surface area contributed by atoms with Gasteiger partial charge >= 0.3 is 0 Å². The smallest absolute Gasteiger partial charge is 0.246 e. The lowest BCUT2D eigenvalue weighted by Crippen LogP contribution is -2.61. The number of nitrogens with two attached hydrogens (primary N) is 4. The second-order valence-electron chi connectivity index (χ2n) is 21.1. The highest BCUT2D eigenvalue weighted by Crippen LogP contribution is 2.48.